The van der Waals surface area contributed by atoms with Gasteiger partial charge in [-0.3, -0.25) is 15.0 Å². The Hall–Kier alpha value is -7.36. The molecule has 2 aliphatic heterocycles. The number of hydrogen-bond donors (Lipinski definition) is 0. The van der Waals surface area contributed by atoms with Crippen molar-refractivity contribution in [1.82, 2.24) is 15.0 Å². The van der Waals surface area contributed by atoms with Gasteiger partial charge < -0.3 is 9.64 Å². The van der Waals surface area contributed by atoms with Crippen LogP contribution in [0.5, 0.6) is 11.5 Å². The molecule has 56 heavy (non-hydrogen) atoms. The van der Waals surface area contributed by atoms with E-state index in [4.69, 9.17) is 14.7 Å². The number of fused-ring (bicyclic) bond motifs is 11. The van der Waals surface area contributed by atoms with E-state index in [0.717, 1.165) is 78.7 Å². The molecule has 0 saturated carbocycles. The first kappa shape index (κ1) is 32.1. The summed E-state index contributed by atoms with van der Waals surface area (Å²) in [6.07, 6.45) is 7.24. The molecule has 0 radical (unpaired) electrons. The highest BCUT2D eigenvalue weighted by Crippen LogP contribution is 2.65. The van der Waals surface area contributed by atoms with Gasteiger partial charge in [-0.15, -0.1) is 0 Å². The third kappa shape index (κ3) is 4.17. The SMILES string of the molecule is CC1(C)c2ccccc2N(c2cccc3c2Oc2c(-c4cccc(-c5cccnc5)c4C#N)cccc2C32c3cccnc3-c3ncccc32)c2ccccc21. The molecule has 11 rings (SSSR count). The van der Waals surface area contributed by atoms with Crippen molar-refractivity contribution in [2.24, 2.45) is 0 Å². The first-order valence-electron chi connectivity index (χ1n) is 18.8. The minimum absolute atomic E-state index is 0.228. The molecule has 3 aliphatic rings. The van der Waals surface area contributed by atoms with E-state index in [2.05, 4.69) is 127 Å². The molecule has 0 bridgehead atoms. The second-order valence-corrected chi connectivity index (χ2v) is 15.1. The summed E-state index contributed by atoms with van der Waals surface area (Å²) in [6, 6.07) is 51.0. The number of rotatable bonds is 3. The fourth-order valence-corrected chi connectivity index (χ4v) is 9.61. The van der Waals surface area contributed by atoms with Gasteiger partial charge in [0.15, 0.2) is 5.75 Å². The van der Waals surface area contributed by atoms with E-state index >= 15 is 0 Å². The van der Waals surface area contributed by atoms with Crippen LogP contribution in [0.25, 0.3) is 33.6 Å². The van der Waals surface area contributed by atoms with Crippen LogP contribution in [0, 0.1) is 11.3 Å². The average Bonchev–Trinajstić information content (AvgIpc) is 3.54. The lowest BCUT2D eigenvalue weighted by molar-refractivity contribution is 0.439. The number of benzene rings is 5. The fourth-order valence-electron chi connectivity index (χ4n) is 9.61. The topological polar surface area (TPSA) is 74.9 Å². The van der Waals surface area contributed by atoms with Gasteiger partial charge in [0, 0.05) is 63.6 Å². The van der Waals surface area contributed by atoms with Crippen LogP contribution >= 0.6 is 0 Å². The number of anilines is 3. The summed E-state index contributed by atoms with van der Waals surface area (Å²) in [5.41, 5.74) is 14.2. The van der Waals surface area contributed by atoms with Crippen LogP contribution in [0.3, 0.4) is 0 Å². The van der Waals surface area contributed by atoms with E-state index in [9.17, 15) is 5.26 Å². The molecule has 0 atom stereocenters. The molecular formula is C50H33N5O. The highest BCUT2D eigenvalue weighted by Gasteiger charge is 2.54. The number of nitrogens with zero attached hydrogens (tertiary/aromatic N) is 5. The zero-order valence-corrected chi connectivity index (χ0v) is 30.7. The van der Waals surface area contributed by atoms with Crippen LogP contribution in [0.1, 0.15) is 52.8 Å². The number of nitriles is 1. The van der Waals surface area contributed by atoms with Gasteiger partial charge in [0.25, 0.3) is 0 Å². The van der Waals surface area contributed by atoms with Gasteiger partial charge in [-0.25, -0.2) is 0 Å². The molecule has 5 aromatic carbocycles. The van der Waals surface area contributed by atoms with Gasteiger partial charge in [0.05, 0.1) is 39.4 Å². The Balaban J connectivity index is 1.25. The van der Waals surface area contributed by atoms with Crippen LogP contribution in [0.15, 0.2) is 164 Å². The molecule has 1 spiro atoms. The predicted octanol–water partition coefficient (Wildman–Crippen LogP) is 11.7. The first-order chi connectivity index (χ1) is 27.5. The third-order valence-electron chi connectivity index (χ3n) is 12.0. The minimum atomic E-state index is -0.829. The van der Waals surface area contributed by atoms with Crippen LogP contribution in [0.4, 0.5) is 17.1 Å². The quantitative estimate of drug-likeness (QED) is 0.181. The summed E-state index contributed by atoms with van der Waals surface area (Å²) >= 11 is 0. The van der Waals surface area contributed by atoms with Crippen molar-refractivity contribution < 1.29 is 4.74 Å². The molecule has 0 fully saturated rings. The second-order valence-electron chi connectivity index (χ2n) is 15.1. The maximum atomic E-state index is 10.9. The Morgan fingerprint density at radius 3 is 1.71 bits per heavy atom. The second kappa shape index (κ2) is 11.8. The monoisotopic (exact) mass is 719 g/mol. The van der Waals surface area contributed by atoms with E-state index in [1.54, 1.807) is 12.4 Å². The Kier molecular flexibility index (Phi) is 6.78. The zero-order chi connectivity index (χ0) is 37.6. The van der Waals surface area contributed by atoms with Crippen molar-refractivity contribution in [2.45, 2.75) is 24.7 Å². The molecule has 1 aliphatic carbocycles. The molecule has 6 nitrogen and oxygen atoms in total. The minimum Gasteiger partial charge on any atom is -0.454 e. The van der Waals surface area contributed by atoms with Gasteiger partial charge in [-0.1, -0.05) is 117 Å². The van der Waals surface area contributed by atoms with Gasteiger partial charge in [0.1, 0.15) is 11.8 Å². The standard InChI is InChI=1S/C50H33N5O/c1-49(2)36-17-3-5-23-42(36)55(43-24-6-4-18-37(43)49)44-25-9-20-41-48(44)56-47-34(33-15-7-14-32(35(33)29-51)31-13-10-26-52-30-31)16-8-19-40(47)50(41)38-21-11-27-53-45(38)46-39(50)22-12-28-54-46/h3-28,30H,1-2H3. The van der Waals surface area contributed by atoms with Gasteiger partial charge >= 0.3 is 0 Å². The van der Waals surface area contributed by atoms with Crippen molar-refractivity contribution in [3.05, 3.63) is 203 Å². The van der Waals surface area contributed by atoms with E-state index in [-0.39, 0.29) is 5.41 Å². The van der Waals surface area contributed by atoms with Crippen molar-refractivity contribution in [3.8, 4) is 51.2 Å². The number of ether oxygens (including phenoxy) is 1. The van der Waals surface area contributed by atoms with E-state index in [1.165, 1.54) is 11.1 Å². The van der Waals surface area contributed by atoms with Crippen LogP contribution in [-0.2, 0) is 10.8 Å². The predicted molar refractivity (Wildman–Crippen MR) is 220 cm³/mol. The van der Waals surface area contributed by atoms with Gasteiger partial charge in [-0.2, -0.15) is 5.26 Å². The average molecular weight is 720 g/mol. The van der Waals surface area contributed by atoms with Crippen molar-refractivity contribution >= 4 is 17.1 Å². The lowest BCUT2D eigenvalue weighted by atomic mass is 9.65. The molecular weight excluding hydrogens is 687 g/mol. The normalized spacial score (nSPS) is 14.6. The van der Waals surface area contributed by atoms with Crippen molar-refractivity contribution in [1.29, 1.82) is 5.26 Å². The lowest BCUT2D eigenvalue weighted by Gasteiger charge is -2.44. The highest BCUT2D eigenvalue weighted by molar-refractivity contribution is 5.94. The van der Waals surface area contributed by atoms with Gasteiger partial charge in [0.2, 0.25) is 0 Å². The molecule has 0 N–H and O–H groups in total. The summed E-state index contributed by atoms with van der Waals surface area (Å²) < 4.78 is 7.49. The Morgan fingerprint density at radius 2 is 1.05 bits per heavy atom. The van der Waals surface area contributed by atoms with Crippen LogP contribution < -0.4 is 9.64 Å². The number of aromatic nitrogens is 3. The van der Waals surface area contributed by atoms with E-state index < -0.39 is 5.41 Å². The summed E-state index contributed by atoms with van der Waals surface area (Å²) in [5, 5.41) is 10.9. The van der Waals surface area contributed by atoms with Crippen molar-refractivity contribution in [3.63, 3.8) is 0 Å². The van der Waals surface area contributed by atoms with Gasteiger partial charge in [-0.05, 0) is 58.7 Å². The highest BCUT2D eigenvalue weighted by atomic mass is 16.5. The summed E-state index contributed by atoms with van der Waals surface area (Å²) in [6.45, 7) is 4.60. The number of para-hydroxylation sites is 4. The molecule has 0 saturated heterocycles. The Bertz CT molecular complexity index is 2870. The first-order valence-corrected chi connectivity index (χ1v) is 18.8. The largest absolute Gasteiger partial charge is 0.454 e. The Labute approximate surface area is 325 Å². The molecule has 6 heteroatoms. The maximum absolute atomic E-state index is 10.9. The Morgan fingerprint density at radius 1 is 0.518 bits per heavy atom. The number of hydrogen-bond acceptors (Lipinski definition) is 6. The smallest absolute Gasteiger partial charge is 0.156 e. The molecule has 5 heterocycles. The third-order valence-corrected chi connectivity index (χ3v) is 12.0. The maximum Gasteiger partial charge on any atom is 0.156 e. The van der Waals surface area contributed by atoms with Crippen molar-refractivity contribution in [2.75, 3.05) is 4.90 Å². The van der Waals surface area contributed by atoms with Crippen LogP contribution in [0.2, 0.25) is 0 Å². The fraction of sp³-hybridized carbons (Fsp3) is 0.0800. The van der Waals surface area contributed by atoms with E-state index in [0.29, 0.717) is 11.3 Å². The summed E-state index contributed by atoms with van der Waals surface area (Å²) in [7, 11) is 0. The zero-order valence-electron chi connectivity index (χ0n) is 30.7. The van der Waals surface area contributed by atoms with Crippen LogP contribution in [-0.4, -0.2) is 15.0 Å². The molecule has 264 valence electrons. The molecule has 0 amide bonds. The summed E-state index contributed by atoms with van der Waals surface area (Å²) in [4.78, 5) is 16.7. The summed E-state index contributed by atoms with van der Waals surface area (Å²) in [5.74, 6) is 1.43. The molecule has 3 aromatic heterocycles. The lowest BCUT2D eigenvalue weighted by Crippen LogP contribution is -2.34. The number of pyridine rings is 3. The van der Waals surface area contributed by atoms with E-state index in [1.807, 2.05) is 54.9 Å². The molecule has 0 unspecified atom stereocenters. The molecule has 8 aromatic rings.